The van der Waals surface area contributed by atoms with E-state index in [4.69, 9.17) is 10.00 Å². The zero-order valence-electron chi connectivity index (χ0n) is 11.4. The Morgan fingerprint density at radius 1 is 1.35 bits per heavy atom. The van der Waals surface area contributed by atoms with Gasteiger partial charge in [0.25, 0.3) is 5.91 Å². The summed E-state index contributed by atoms with van der Waals surface area (Å²) in [5.41, 5.74) is 0.521. The van der Waals surface area contributed by atoms with Gasteiger partial charge >= 0.3 is 5.97 Å². The maximum Gasteiger partial charge on any atom is 0.307 e. The minimum absolute atomic E-state index is 0.117. The van der Waals surface area contributed by atoms with Crippen molar-refractivity contribution in [2.24, 2.45) is 0 Å². The van der Waals surface area contributed by atoms with Crippen molar-refractivity contribution in [3.8, 4) is 11.8 Å². The highest BCUT2D eigenvalue weighted by atomic mass is 16.5. The maximum absolute atomic E-state index is 11.7. The molecular weight excluding hydrogens is 260 g/mol. The third-order valence-corrected chi connectivity index (χ3v) is 2.52. The SMILES string of the molecule is COC(=O)CCNC(=O)C(C)Oc1ccc(C#N)cc1. The topological polar surface area (TPSA) is 88.4 Å². The smallest absolute Gasteiger partial charge is 0.307 e. The van der Waals surface area contributed by atoms with Gasteiger partial charge in [0, 0.05) is 6.54 Å². The molecule has 0 spiro atoms. The first-order valence-corrected chi connectivity index (χ1v) is 6.08. The van der Waals surface area contributed by atoms with E-state index in [1.54, 1.807) is 31.2 Å². The number of ether oxygens (including phenoxy) is 2. The van der Waals surface area contributed by atoms with Crippen LogP contribution in [-0.4, -0.2) is 31.6 Å². The lowest BCUT2D eigenvalue weighted by Crippen LogP contribution is -2.37. The number of methoxy groups -OCH3 is 1. The maximum atomic E-state index is 11.7. The van der Waals surface area contributed by atoms with E-state index in [1.807, 2.05) is 6.07 Å². The van der Waals surface area contributed by atoms with Crippen molar-refractivity contribution in [3.05, 3.63) is 29.8 Å². The molecule has 6 nitrogen and oxygen atoms in total. The second kappa shape index (κ2) is 7.79. The number of hydrogen-bond acceptors (Lipinski definition) is 5. The van der Waals surface area contributed by atoms with Crippen LogP contribution in [0.15, 0.2) is 24.3 Å². The Labute approximate surface area is 117 Å². The van der Waals surface area contributed by atoms with E-state index in [2.05, 4.69) is 10.1 Å². The van der Waals surface area contributed by atoms with Gasteiger partial charge in [0.2, 0.25) is 0 Å². The van der Waals surface area contributed by atoms with Gasteiger partial charge in [-0.1, -0.05) is 0 Å². The van der Waals surface area contributed by atoms with Crippen LogP contribution in [0.5, 0.6) is 5.75 Å². The number of carbonyl (C=O) groups is 2. The number of carbonyl (C=O) groups excluding carboxylic acids is 2. The van der Waals surface area contributed by atoms with Gasteiger partial charge < -0.3 is 14.8 Å². The van der Waals surface area contributed by atoms with Crippen molar-refractivity contribution in [3.63, 3.8) is 0 Å². The van der Waals surface area contributed by atoms with E-state index >= 15 is 0 Å². The summed E-state index contributed by atoms with van der Waals surface area (Å²) in [4.78, 5) is 22.6. The molecule has 6 heteroatoms. The molecule has 1 aromatic rings. The molecular formula is C14H16N2O4. The van der Waals surface area contributed by atoms with Crippen LogP contribution in [-0.2, 0) is 14.3 Å². The number of hydrogen-bond donors (Lipinski definition) is 1. The van der Waals surface area contributed by atoms with Crippen molar-refractivity contribution in [1.82, 2.24) is 5.32 Å². The van der Waals surface area contributed by atoms with Crippen LogP contribution in [0, 0.1) is 11.3 Å². The van der Waals surface area contributed by atoms with Crippen molar-refractivity contribution in [2.75, 3.05) is 13.7 Å². The molecule has 0 saturated heterocycles. The molecule has 0 aromatic heterocycles. The second-order valence-corrected chi connectivity index (χ2v) is 4.01. The van der Waals surface area contributed by atoms with E-state index in [0.717, 1.165) is 0 Å². The van der Waals surface area contributed by atoms with Crippen LogP contribution < -0.4 is 10.1 Å². The second-order valence-electron chi connectivity index (χ2n) is 4.01. The van der Waals surface area contributed by atoms with Gasteiger partial charge in [0.15, 0.2) is 6.10 Å². The molecule has 1 rings (SSSR count). The Morgan fingerprint density at radius 2 is 2.00 bits per heavy atom. The predicted octanol–water partition coefficient (Wildman–Crippen LogP) is 1.00. The third kappa shape index (κ3) is 4.98. The lowest BCUT2D eigenvalue weighted by molar-refractivity contribution is -0.140. The van der Waals surface area contributed by atoms with E-state index in [0.29, 0.717) is 11.3 Å². The van der Waals surface area contributed by atoms with Gasteiger partial charge in [0.1, 0.15) is 5.75 Å². The highest BCUT2D eigenvalue weighted by Gasteiger charge is 2.14. The van der Waals surface area contributed by atoms with Gasteiger partial charge in [-0.3, -0.25) is 9.59 Å². The fourth-order valence-electron chi connectivity index (χ4n) is 1.40. The third-order valence-electron chi connectivity index (χ3n) is 2.52. The van der Waals surface area contributed by atoms with Crippen molar-refractivity contribution < 1.29 is 19.1 Å². The van der Waals surface area contributed by atoms with Gasteiger partial charge in [-0.2, -0.15) is 5.26 Å². The Bertz CT molecular complexity index is 505. The minimum Gasteiger partial charge on any atom is -0.481 e. The summed E-state index contributed by atoms with van der Waals surface area (Å²) in [6.07, 6.45) is -0.577. The van der Waals surface area contributed by atoms with Gasteiger partial charge in [0.05, 0.1) is 25.2 Å². The number of rotatable bonds is 6. The summed E-state index contributed by atoms with van der Waals surface area (Å²) in [5.74, 6) is -0.205. The highest BCUT2D eigenvalue weighted by molar-refractivity contribution is 5.81. The number of amides is 1. The first-order chi connectivity index (χ1) is 9.56. The molecule has 1 aromatic carbocycles. The average molecular weight is 276 g/mol. The standard InChI is InChI=1S/C14H16N2O4/c1-10(14(18)16-8-7-13(17)19-2)20-12-5-3-11(9-15)4-6-12/h3-6,10H,7-8H2,1-2H3,(H,16,18). The van der Waals surface area contributed by atoms with Gasteiger partial charge in [-0.25, -0.2) is 0 Å². The molecule has 0 aliphatic heterocycles. The first kappa shape index (κ1) is 15.5. The molecule has 0 radical (unpaired) electrons. The summed E-state index contributed by atoms with van der Waals surface area (Å²) < 4.78 is 9.88. The minimum atomic E-state index is -0.694. The van der Waals surface area contributed by atoms with Crippen LogP contribution in [0.1, 0.15) is 18.9 Å². The molecule has 106 valence electrons. The summed E-state index contributed by atoms with van der Waals surface area (Å²) in [6.45, 7) is 1.80. The summed E-state index contributed by atoms with van der Waals surface area (Å²) in [6, 6.07) is 8.46. The van der Waals surface area contributed by atoms with Crippen LogP contribution in [0.4, 0.5) is 0 Å². The molecule has 0 aliphatic rings. The Balaban J connectivity index is 2.41. The predicted molar refractivity (Wildman–Crippen MR) is 70.9 cm³/mol. The van der Waals surface area contributed by atoms with Crippen LogP contribution in [0.2, 0.25) is 0 Å². The summed E-state index contributed by atoms with van der Waals surface area (Å²) in [5, 5.41) is 11.2. The molecule has 1 atom stereocenters. The van der Waals surface area contributed by atoms with Crippen LogP contribution in [0.25, 0.3) is 0 Å². The van der Waals surface area contributed by atoms with E-state index in [9.17, 15) is 9.59 Å². The first-order valence-electron chi connectivity index (χ1n) is 6.08. The monoisotopic (exact) mass is 276 g/mol. The van der Waals surface area contributed by atoms with Gasteiger partial charge in [-0.15, -0.1) is 0 Å². The molecule has 1 unspecified atom stereocenters. The zero-order chi connectivity index (χ0) is 15.0. The van der Waals surface area contributed by atoms with E-state index in [1.165, 1.54) is 7.11 Å². The molecule has 0 aliphatic carbocycles. The quantitative estimate of drug-likeness (QED) is 0.783. The van der Waals surface area contributed by atoms with E-state index < -0.39 is 6.10 Å². The fourth-order valence-corrected chi connectivity index (χ4v) is 1.40. The largest absolute Gasteiger partial charge is 0.481 e. The lowest BCUT2D eigenvalue weighted by Gasteiger charge is -2.14. The molecule has 0 saturated carbocycles. The van der Waals surface area contributed by atoms with Crippen LogP contribution >= 0.6 is 0 Å². The van der Waals surface area contributed by atoms with Crippen molar-refractivity contribution in [1.29, 1.82) is 5.26 Å². The van der Waals surface area contributed by atoms with Gasteiger partial charge in [-0.05, 0) is 31.2 Å². The van der Waals surface area contributed by atoms with E-state index in [-0.39, 0.29) is 24.8 Å². The van der Waals surface area contributed by atoms with Crippen molar-refractivity contribution in [2.45, 2.75) is 19.4 Å². The molecule has 1 N–H and O–H groups in total. The normalized spacial score (nSPS) is 11.1. The summed E-state index contributed by atoms with van der Waals surface area (Å²) in [7, 11) is 1.29. The molecule has 0 heterocycles. The fraction of sp³-hybridized carbons (Fsp3) is 0.357. The lowest BCUT2D eigenvalue weighted by atomic mass is 10.2. The van der Waals surface area contributed by atoms with Crippen molar-refractivity contribution >= 4 is 11.9 Å². The Kier molecular flexibility index (Phi) is 6.04. The highest BCUT2D eigenvalue weighted by Crippen LogP contribution is 2.13. The average Bonchev–Trinajstić information content (AvgIpc) is 2.47. The number of esters is 1. The zero-order valence-corrected chi connectivity index (χ0v) is 11.4. The van der Waals surface area contributed by atoms with Crippen LogP contribution in [0.3, 0.4) is 0 Å². The summed E-state index contributed by atoms with van der Waals surface area (Å²) >= 11 is 0. The Hall–Kier alpha value is -2.55. The number of benzene rings is 1. The molecule has 0 fully saturated rings. The molecule has 20 heavy (non-hydrogen) atoms. The number of nitrogens with zero attached hydrogens (tertiary/aromatic N) is 1. The molecule has 1 amide bonds. The number of nitriles is 1. The number of nitrogens with one attached hydrogen (secondary N) is 1. The molecule has 0 bridgehead atoms. The Morgan fingerprint density at radius 3 is 2.55 bits per heavy atom.